The number of halogens is 1. The van der Waals surface area contributed by atoms with Crippen LogP contribution in [0.2, 0.25) is 0 Å². The van der Waals surface area contributed by atoms with Crippen molar-refractivity contribution in [2.45, 2.75) is 44.0 Å². The first-order valence-electron chi connectivity index (χ1n) is 11.2. The van der Waals surface area contributed by atoms with Gasteiger partial charge in [-0.1, -0.05) is 18.6 Å². The number of anilines is 1. The molecule has 7 nitrogen and oxygen atoms in total. The number of carbonyl (C=O) groups excluding carboxylic acids is 1. The van der Waals surface area contributed by atoms with Gasteiger partial charge in [0.2, 0.25) is 15.9 Å². The molecule has 0 bridgehead atoms. The van der Waals surface area contributed by atoms with Crippen LogP contribution in [0.25, 0.3) is 0 Å². The van der Waals surface area contributed by atoms with E-state index in [9.17, 15) is 17.6 Å². The Kier molecular flexibility index (Phi) is 8.45. The number of benzene rings is 2. The van der Waals surface area contributed by atoms with E-state index in [0.717, 1.165) is 24.8 Å². The van der Waals surface area contributed by atoms with Gasteiger partial charge in [0.1, 0.15) is 11.6 Å². The minimum atomic E-state index is -3.64. The Labute approximate surface area is 195 Å². The molecule has 0 aliphatic carbocycles. The van der Waals surface area contributed by atoms with Gasteiger partial charge in [-0.15, -0.1) is 0 Å². The van der Waals surface area contributed by atoms with Crippen LogP contribution in [-0.2, 0) is 14.8 Å². The summed E-state index contributed by atoms with van der Waals surface area (Å²) in [5.74, 6) is -0.202. The molecule has 0 spiro atoms. The number of carbonyl (C=O) groups is 1. The van der Waals surface area contributed by atoms with E-state index in [0.29, 0.717) is 31.1 Å². The Hall–Kier alpha value is -2.49. The van der Waals surface area contributed by atoms with Crippen LogP contribution in [0, 0.1) is 5.82 Å². The lowest BCUT2D eigenvalue weighted by molar-refractivity contribution is -0.117. The van der Waals surface area contributed by atoms with Gasteiger partial charge in [-0.25, -0.2) is 12.8 Å². The van der Waals surface area contributed by atoms with Crippen molar-refractivity contribution in [1.29, 1.82) is 0 Å². The molecule has 1 N–H and O–H groups in total. The van der Waals surface area contributed by atoms with E-state index in [2.05, 4.69) is 5.32 Å². The molecule has 1 unspecified atom stereocenters. The predicted molar refractivity (Wildman–Crippen MR) is 126 cm³/mol. The Morgan fingerprint density at radius 1 is 1.15 bits per heavy atom. The molecule has 1 fully saturated rings. The molecule has 0 aromatic heterocycles. The third-order valence-electron chi connectivity index (χ3n) is 5.88. The van der Waals surface area contributed by atoms with Crippen molar-refractivity contribution in [2.24, 2.45) is 0 Å². The fraction of sp³-hybridized carbons (Fsp3) is 0.458. The highest BCUT2D eigenvalue weighted by Gasteiger charge is 2.27. The van der Waals surface area contributed by atoms with Gasteiger partial charge in [-0.3, -0.25) is 9.69 Å². The third kappa shape index (κ3) is 6.31. The standard InChI is InChI=1S/C24H32FN3O4S/c1-4-32-23-13-12-21(33(30,31)28-14-6-5-7-15-28)16-22(23)26-24(29)17-27(3)18(2)19-8-10-20(25)11-9-19/h8-13,16,18H,4-7,14-15,17H2,1-3H3,(H,26,29). The fourth-order valence-corrected chi connectivity index (χ4v) is 5.40. The zero-order valence-corrected chi connectivity index (χ0v) is 20.2. The minimum absolute atomic E-state index is 0.0627. The predicted octanol–water partition coefficient (Wildman–Crippen LogP) is 4.03. The quantitative estimate of drug-likeness (QED) is 0.590. The number of piperidine rings is 1. The lowest BCUT2D eigenvalue weighted by atomic mass is 10.1. The number of ether oxygens (including phenoxy) is 1. The molecule has 1 atom stereocenters. The van der Waals surface area contributed by atoms with Gasteiger partial charge in [-0.2, -0.15) is 4.31 Å². The number of hydrogen-bond donors (Lipinski definition) is 1. The second-order valence-electron chi connectivity index (χ2n) is 8.25. The van der Waals surface area contributed by atoms with Crippen molar-refractivity contribution >= 4 is 21.6 Å². The Bertz CT molecular complexity index is 1050. The Morgan fingerprint density at radius 2 is 1.82 bits per heavy atom. The van der Waals surface area contributed by atoms with Gasteiger partial charge in [0, 0.05) is 19.1 Å². The summed E-state index contributed by atoms with van der Waals surface area (Å²) in [7, 11) is -1.84. The highest BCUT2D eigenvalue weighted by Crippen LogP contribution is 2.30. The molecule has 1 saturated heterocycles. The number of hydrogen-bond acceptors (Lipinski definition) is 5. The molecule has 2 aromatic rings. The van der Waals surface area contributed by atoms with Crippen molar-refractivity contribution in [3.05, 3.63) is 53.8 Å². The highest BCUT2D eigenvalue weighted by atomic mass is 32.2. The summed E-state index contributed by atoms with van der Waals surface area (Å²) >= 11 is 0. The molecule has 3 rings (SSSR count). The van der Waals surface area contributed by atoms with Crippen molar-refractivity contribution in [2.75, 3.05) is 38.6 Å². The molecular formula is C24H32FN3O4S. The highest BCUT2D eigenvalue weighted by molar-refractivity contribution is 7.89. The molecular weight excluding hydrogens is 445 g/mol. The second kappa shape index (κ2) is 11.1. The largest absolute Gasteiger partial charge is 0.492 e. The van der Waals surface area contributed by atoms with Crippen molar-refractivity contribution < 1.29 is 22.3 Å². The molecule has 0 radical (unpaired) electrons. The van der Waals surface area contributed by atoms with Crippen LogP contribution in [0.5, 0.6) is 5.75 Å². The number of nitrogens with one attached hydrogen (secondary N) is 1. The van der Waals surface area contributed by atoms with E-state index in [1.165, 1.54) is 28.6 Å². The smallest absolute Gasteiger partial charge is 0.243 e. The van der Waals surface area contributed by atoms with Crippen LogP contribution < -0.4 is 10.1 Å². The summed E-state index contributed by atoms with van der Waals surface area (Å²) in [5, 5.41) is 2.81. The summed E-state index contributed by atoms with van der Waals surface area (Å²) < 4.78 is 46.5. The first-order chi connectivity index (χ1) is 15.7. The molecule has 0 saturated carbocycles. The molecule has 1 amide bonds. The average molecular weight is 478 g/mol. The van der Waals surface area contributed by atoms with Crippen molar-refractivity contribution in [3.63, 3.8) is 0 Å². The van der Waals surface area contributed by atoms with Crippen LogP contribution >= 0.6 is 0 Å². The number of sulfonamides is 1. The number of likely N-dealkylation sites (N-methyl/N-ethyl adjacent to an activating group) is 1. The second-order valence-corrected chi connectivity index (χ2v) is 10.2. The maximum atomic E-state index is 13.2. The van der Waals surface area contributed by atoms with E-state index in [1.54, 1.807) is 25.2 Å². The monoisotopic (exact) mass is 477 g/mol. The van der Waals surface area contributed by atoms with Crippen LogP contribution in [0.4, 0.5) is 10.1 Å². The van der Waals surface area contributed by atoms with Gasteiger partial charge in [0.15, 0.2) is 0 Å². The van der Waals surface area contributed by atoms with E-state index >= 15 is 0 Å². The fourth-order valence-electron chi connectivity index (χ4n) is 3.85. The van der Waals surface area contributed by atoms with Gasteiger partial charge >= 0.3 is 0 Å². The third-order valence-corrected chi connectivity index (χ3v) is 7.78. The summed E-state index contributed by atoms with van der Waals surface area (Å²) in [6, 6.07) is 10.6. The molecule has 1 aliphatic heterocycles. The zero-order chi connectivity index (χ0) is 24.0. The van der Waals surface area contributed by atoms with Crippen LogP contribution in [0.3, 0.4) is 0 Å². The molecule has 2 aromatic carbocycles. The normalized spacial score (nSPS) is 15.9. The summed E-state index contributed by atoms with van der Waals surface area (Å²) in [4.78, 5) is 14.8. The van der Waals surface area contributed by atoms with Gasteiger partial charge < -0.3 is 10.1 Å². The van der Waals surface area contributed by atoms with Gasteiger partial charge in [-0.05, 0) is 69.6 Å². The lowest BCUT2D eigenvalue weighted by Gasteiger charge is -2.26. The van der Waals surface area contributed by atoms with Crippen LogP contribution in [0.1, 0.15) is 44.7 Å². The maximum absolute atomic E-state index is 13.2. The topological polar surface area (TPSA) is 79.0 Å². The molecule has 33 heavy (non-hydrogen) atoms. The molecule has 1 heterocycles. The van der Waals surface area contributed by atoms with E-state index in [1.807, 2.05) is 18.7 Å². The SMILES string of the molecule is CCOc1ccc(S(=O)(=O)N2CCCCC2)cc1NC(=O)CN(C)C(C)c1ccc(F)cc1. The summed E-state index contributed by atoms with van der Waals surface area (Å²) in [6.45, 7) is 5.20. The van der Waals surface area contributed by atoms with Crippen molar-refractivity contribution in [1.82, 2.24) is 9.21 Å². The maximum Gasteiger partial charge on any atom is 0.243 e. The van der Waals surface area contributed by atoms with E-state index in [-0.39, 0.29) is 29.2 Å². The lowest BCUT2D eigenvalue weighted by Crippen LogP contribution is -2.35. The minimum Gasteiger partial charge on any atom is -0.492 e. The molecule has 180 valence electrons. The number of nitrogens with zero attached hydrogens (tertiary/aromatic N) is 2. The number of amides is 1. The van der Waals surface area contributed by atoms with E-state index < -0.39 is 10.0 Å². The van der Waals surface area contributed by atoms with Crippen molar-refractivity contribution in [3.8, 4) is 5.75 Å². The first kappa shape index (κ1) is 25.1. The average Bonchev–Trinajstić information content (AvgIpc) is 2.80. The summed E-state index contributed by atoms with van der Waals surface area (Å²) in [6.07, 6.45) is 2.72. The Balaban J connectivity index is 1.75. The molecule has 1 aliphatic rings. The van der Waals surface area contributed by atoms with Crippen LogP contribution in [0.15, 0.2) is 47.4 Å². The summed E-state index contributed by atoms with van der Waals surface area (Å²) in [5.41, 5.74) is 1.21. The number of rotatable bonds is 9. The zero-order valence-electron chi connectivity index (χ0n) is 19.4. The van der Waals surface area contributed by atoms with Gasteiger partial charge in [0.25, 0.3) is 0 Å². The Morgan fingerprint density at radius 3 is 2.45 bits per heavy atom. The molecule has 9 heteroatoms. The van der Waals surface area contributed by atoms with Gasteiger partial charge in [0.05, 0.1) is 23.7 Å². The van der Waals surface area contributed by atoms with E-state index in [4.69, 9.17) is 4.74 Å². The van der Waals surface area contributed by atoms with Crippen LogP contribution in [-0.4, -0.2) is 56.8 Å². The first-order valence-corrected chi connectivity index (χ1v) is 12.7.